The molecule has 90 valence electrons. The van der Waals surface area contributed by atoms with Gasteiger partial charge in [-0.3, -0.25) is 4.79 Å². The maximum absolute atomic E-state index is 11.7. The number of rotatable bonds is 4. The number of hydrogen-bond acceptors (Lipinski definition) is 5. The van der Waals surface area contributed by atoms with Crippen LogP contribution in [0.25, 0.3) is 0 Å². The van der Waals surface area contributed by atoms with Gasteiger partial charge in [0.2, 0.25) is 0 Å². The first-order valence-electron chi connectivity index (χ1n) is 5.32. The molecule has 1 amide bonds. The van der Waals surface area contributed by atoms with E-state index in [1.807, 2.05) is 13.1 Å². The van der Waals surface area contributed by atoms with E-state index in [-0.39, 0.29) is 17.6 Å². The van der Waals surface area contributed by atoms with E-state index in [2.05, 4.69) is 32.6 Å². The van der Waals surface area contributed by atoms with E-state index < -0.39 is 0 Å². The molecular formula is C10H13N5OS. The molecule has 2 heterocycles. The monoisotopic (exact) mass is 251 g/mol. The molecule has 0 saturated heterocycles. The molecule has 0 bridgehead atoms. The Kier molecular flexibility index (Phi) is 3.48. The summed E-state index contributed by atoms with van der Waals surface area (Å²) in [6, 6.07) is -0.121. The number of amides is 1. The number of thiazole rings is 1. The number of H-pyrrole nitrogens is 1. The quantitative estimate of drug-likeness (QED) is 0.858. The summed E-state index contributed by atoms with van der Waals surface area (Å²) in [6.07, 6.45) is 4.20. The highest BCUT2D eigenvalue weighted by atomic mass is 32.1. The molecule has 6 nitrogen and oxygen atoms in total. The van der Waals surface area contributed by atoms with E-state index in [0.29, 0.717) is 0 Å². The Balaban J connectivity index is 2.01. The maximum Gasteiger partial charge on any atom is 0.274 e. The fourth-order valence-electron chi connectivity index (χ4n) is 1.33. The zero-order chi connectivity index (χ0) is 12.3. The second kappa shape index (κ2) is 5.05. The van der Waals surface area contributed by atoms with Crippen LogP contribution in [-0.2, 0) is 6.42 Å². The first-order chi connectivity index (χ1) is 8.20. The summed E-state index contributed by atoms with van der Waals surface area (Å²) in [7, 11) is 0. The van der Waals surface area contributed by atoms with Crippen molar-refractivity contribution in [2.24, 2.45) is 0 Å². The highest BCUT2D eigenvalue weighted by Crippen LogP contribution is 2.20. The number of aryl methyl sites for hydroxylation is 1. The van der Waals surface area contributed by atoms with Crippen LogP contribution in [0.5, 0.6) is 0 Å². The molecule has 0 saturated carbocycles. The summed E-state index contributed by atoms with van der Waals surface area (Å²) in [5.41, 5.74) is 0.282. The normalized spacial score (nSPS) is 12.4. The van der Waals surface area contributed by atoms with Crippen LogP contribution in [0.2, 0.25) is 0 Å². The third-order valence-corrected chi connectivity index (χ3v) is 3.61. The molecule has 0 aliphatic heterocycles. The van der Waals surface area contributed by atoms with E-state index in [1.165, 1.54) is 11.1 Å². The molecule has 17 heavy (non-hydrogen) atoms. The maximum atomic E-state index is 11.7. The second-order valence-electron chi connectivity index (χ2n) is 3.57. The van der Waals surface area contributed by atoms with Crippen LogP contribution in [-0.4, -0.2) is 26.3 Å². The number of carbonyl (C=O) groups excluding carboxylic acids is 1. The highest BCUT2D eigenvalue weighted by Gasteiger charge is 2.15. The number of carbonyl (C=O) groups is 1. The zero-order valence-electron chi connectivity index (χ0n) is 9.60. The molecule has 0 fully saturated rings. The molecule has 1 unspecified atom stereocenters. The minimum atomic E-state index is -0.250. The van der Waals surface area contributed by atoms with Crippen molar-refractivity contribution in [1.82, 2.24) is 25.7 Å². The molecule has 2 aromatic heterocycles. The molecule has 0 aromatic carbocycles. The molecule has 2 rings (SSSR count). The largest absolute Gasteiger partial charge is 0.342 e. The van der Waals surface area contributed by atoms with Crippen LogP contribution in [0.3, 0.4) is 0 Å². The Morgan fingerprint density at radius 3 is 3.00 bits per heavy atom. The lowest BCUT2D eigenvalue weighted by molar-refractivity contribution is 0.0934. The van der Waals surface area contributed by atoms with Crippen molar-refractivity contribution in [1.29, 1.82) is 0 Å². The molecule has 0 aliphatic rings. The van der Waals surface area contributed by atoms with Crippen molar-refractivity contribution in [2.45, 2.75) is 26.3 Å². The van der Waals surface area contributed by atoms with Crippen LogP contribution < -0.4 is 5.32 Å². The van der Waals surface area contributed by atoms with Gasteiger partial charge in [0.05, 0.1) is 12.2 Å². The van der Waals surface area contributed by atoms with Crippen molar-refractivity contribution < 1.29 is 4.79 Å². The third-order valence-electron chi connectivity index (χ3n) is 2.29. The van der Waals surface area contributed by atoms with Crippen molar-refractivity contribution >= 4 is 17.2 Å². The van der Waals surface area contributed by atoms with Gasteiger partial charge in [0.25, 0.3) is 5.91 Å². The smallest absolute Gasteiger partial charge is 0.274 e. The van der Waals surface area contributed by atoms with Gasteiger partial charge in [-0.15, -0.1) is 11.3 Å². The Morgan fingerprint density at radius 2 is 2.41 bits per heavy atom. The van der Waals surface area contributed by atoms with Crippen molar-refractivity contribution in [3.8, 4) is 0 Å². The van der Waals surface area contributed by atoms with Crippen molar-refractivity contribution in [2.75, 3.05) is 0 Å². The van der Waals surface area contributed by atoms with Crippen LogP contribution in [0, 0.1) is 0 Å². The molecular weight excluding hydrogens is 238 g/mol. The number of hydrogen-bond donors (Lipinski definition) is 2. The Morgan fingerprint density at radius 1 is 1.59 bits per heavy atom. The average molecular weight is 251 g/mol. The van der Waals surface area contributed by atoms with E-state index in [0.717, 1.165) is 11.4 Å². The highest BCUT2D eigenvalue weighted by molar-refractivity contribution is 7.11. The first kappa shape index (κ1) is 11.7. The number of nitrogens with one attached hydrogen (secondary N) is 2. The topological polar surface area (TPSA) is 83.6 Å². The predicted molar refractivity (Wildman–Crippen MR) is 63.8 cm³/mol. The molecule has 7 heteroatoms. The fourth-order valence-corrected chi connectivity index (χ4v) is 2.19. The van der Waals surface area contributed by atoms with Gasteiger partial charge in [0.1, 0.15) is 5.01 Å². The summed E-state index contributed by atoms with van der Waals surface area (Å²) in [5, 5.41) is 13.4. The van der Waals surface area contributed by atoms with Gasteiger partial charge in [0, 0.05) is 11.1 Å². The van der Waals surface area contributed by atoms with E-state index in [9.17, 15) is 4.79 Å². The molecule has 0 aliphatic carbocycles. The van der Waals surface area contributed by atoms with Gasteiger partial charge in [0.15, 0.2) is 5.69 Å². The zero-order valence-corrected chi connectivity index (χ0v) is 10.4. The van der Waals surface area contributed by atoms with E-state index in [1.54, 1.807) is 11.3 Å². The number of aromatic amines is 1. The average Bonchev–Trinajstić information content (AvgIpc) is 3.00. The minimum absolute atomic E-state index is 0.121. The molecule has 1 atom stereocenters. The lowest BCUT2D eigenvalue weighted by atomic mass is 10.3. The van der Waals surface area contributed by atoms with Crippen LogP contribution in [0.1, 0.15) is 40.3 Å². The molecule has 2 N–H and O–H groups in total. The standard InChI is InChI=1S/C10H13N5OS/c1-3-7-4-11-10(17-7)6(2)13-9(16)8-5-12-15-14-8/h4-6H,3H2,1-2H3,(H,13,16)(H,12,14,15). The summed E-state index contributed by atoms with van der Waals surface area (Å²) in [5.74, 6) is -0.250. The van der Waals surface area contributed by atoms with Gasteiger partial charge in [-0.05, 0) is 13.3 Å². The van der Waals surface area contributed by atoms with Crippen LogP contribution in [0.4, 0.5) is 0 Å². The number of nitrogens with zero attached hydrogens (tertiary/aromatic N) is 3. The van der Waals surface area contributed by atoms with Crippen LogP contribution in [0.15, 0.2) is 12.4 Å². The van der Waals surface area contributed by atoms with Crippen LogP contribution >= 0.6 is 11.3 Å². The van der Waals surface area contributed by atoms with E-state index >= 15 is 0 Å². The Bertz CT molecular complexity index is 493. The summed E-state index contributed by atoms with van der Waals surface area (Å²) < 4.78 is 0. The number of aromatic nitrogens is 4. The SMILES string of the molecule is CCc1cnc(C(C)NC(=O)c2cn[nH]n2)s1. The van der Waals surface area contributed by atoms with Gasteiger partial charge in [-0.25, -0.2) is 4.98 Å². The summed E-state index contributed by atoms with van der Waals surface area (Å²) >= 11 is 1.61. The summed E-state index contributed by atoms with van der Waals surface area (Å²) in [4.78, 5) is 17.2. The Labute approximate surface area is 102 Å². The second-order valence-corrected chi connectivity index (χ2v) is 4.72. The molecule has 0 spiro atoms. The molecule has 2 aromatic rings. The fraction of sp³-hybridized carbons (Fsp3) is 0.400. The lowest BCUT2D eigenvalue weighted by Gasteiger charge is -2.09. The van der Waals surface area contributed by atoms with Crippen molar-refractivity contribution in [3.05, 3.63) is 28.0 Å². The lowest BCUT2D eigenvalue weighted by Crippen LogP contribution is -2.26. The minimum Gasteiger partial charge on any atom is -0.342 e. The van der Waals surface area contributed by atoms with Gasteiger partial charge >= 0.3 is 0 Å². The van der Waals surface area contributed by atoms with E-state index in [4.69, 9.17) is 0 Å². The summed E-state index contributed by atoms with van der Waals surface area (Å²) in [6.45, 7) is 3.98. The predicted octanol–water partition coefficient (Wildman–Crippen LogP) is 1.31. The molecule has 0 radical (unpaired) electrons. The first-order valence-corrected chi connectivity index (χ1v) is 6.13. The third kappa shape index (κ3) is 2.68. The Hall–Kier alpha value is -1.76. The van der Waals surface area contributed by atoms with Gasteiger partial charge < -0.3 is 5.32 Å². The van der Waals surface area contributed by atoms with Crippen molar-refractivity contribution in [3.63, 3.8) is 0 Å². The van der Waals surface area contributed by atoms with Gasteiger partial charge in [-0.1, -0.05) is 6.92 Å². The van der Waals surface area contributed by atoms with Gasteiger partial charge in [-0.2, -0.15) is 15.4 Å².